The molecule has 26 heavy (non-hydrogen) atoms. The third-order valence-electron chi connectivity index (χ3n) is 4.76. The summed E-state index contributed by atoms with van der Waals surface area (Å²) >= 11 is 1.62. The molecule has 140 valence electrons. The first kappa shape index (κ1) is 19.1. The maximum Gasteiger partial charge on any atom is 0.253 e. The van der Waals surface area contributed by atoms with Gasteiger partial charge in [-0.05, 0) is 55.0 Å². The number of sulfonamides is 1. The Morgan fingerprint density at radius 3 is 2.65 bits per heavy atom. The second kappa shape index (κ2) is 7.90. The van der Waals surface area contributed by atoms with Gasteiger partial charge >= 0.3 is 0 Å². The minimum Gasteiger partial charge on any atom is -0.337 e. The summed E-state index contributed by atoms with van der Waals surface area (Å²) in [5, 5.41) is 2.00. The van der Waals surface area contributed by atoms with E-state index < -0.39 is 10.0 Å². The van der Waals surface area contributed by atoms with Gasteiger partial charge in [-0.15, -0.1) is 11.3 Å². The third-order valence-corrected chi connectivity index (χ3v) is 7.29. The summed E-state index contributed by atoms with van der Waals surface area (Å²) < 4.78 is 28.0. The number of rotatable bonds is 6. The maximum absolute atomic E-state index is 12.7. The van der Waals surface area contributed by atoms with E-state index in [1.54, 1.807) is 35.4 Å². The normalized spacial score (nSPS) is 15.3. The summed E-state index contributed by atoms with van der Waals surface area (Å²) in [4.78, 5) is 15.6. The second-order valence-electron chi connectivity index (χ2n) is 6.82. The number of nitrogens with zero attached hydrogens (tertiary/aromatic N) is 1. The number of aryl methyl sites for hydroxylation is 1. The molecule has 1 heterocycles. The largest absolute Gasteiger partial charge is 0.337 e. The number of hydrogen-bond acceptors (Lipinski definition) is 4. The van der Waals surface area contributed by atoms with Crippen LogP contribution in [0.2, 0.25) is 0 Å². The first-order chi connectivity index (χ1) is 12.4. The molecule has 5 nitrogen and oxygen atoms in total. The molecule has 1 fully saturated rings. The molecule has 0 radical (unpaired) electrons. The lowest BCUT2D eigenvalue weighted by molar-refractivity contribution is 0.0786. The Morgan fingerprint density at radius 1 is 1.27 bits per heavy atom. The van der Waals surface area contributed by atoms with Crippen molar-refractivity contribution in [3.05, 3.63) is 51.7 Å². The van der Waals surface area contributed by atoms with E-state index in [0.717, 1.165) is 36.1 Å². The van der Waals surface area contributed by atoms with Gasteiger partial charge in [0.2, 0.25) is 10.0 Å². The zero-order chi connectivity index (χ0) is 18.7. The Morgan fingerprint density at radius 2 is 2.00 bits per heavy atom. The van der Waals surface area contributed by atoms with Crippen LogP contribution in [0.25, 0.3) is 0 Å². The molecule has 2 aromatic rings. The van der Waals surface area contributed by atoms with Crippen LogP contribution in [0.15, 0.2) is 40.6 Å². The fourth-order valence-corrected chi connectivity index (χ4v) is 5.51. The SMILES string of the molecule is Cc1ccsc1CN(C)C(=O)c1cccc(S(=O)(=O)NC2CCCC2)c1. The van der Waals surface area contributed by atoms with Crippen molar-refractivity contribution in [1.29, 1.82) is 0 Å². The first-order valence-corrected chi connectivity index (χ1v) is 11.1. The highest BCUT2D eigenvalue weighted by Crippen LogP contribution is 2.22. The van der Waals surface area contributed by atoms with Gasteiger partial charge in [0, 0.05) is 23.5 Å². The van der Waals surface area contributed by atoms with Crippen LogP contribution in [0.4, 0.5) is 0 Å². The average molecular weight is 393 g/mol. The minimum absolute atomic E-state index is 0.00355. The highest BCUT2D eigenvalue weighted by atomic mass is 32.2. The molecule has 1 aromatic heterocycles. The van der Waals surface area contributed by atoms with Gasteiger partial charge in [-0.2, -0.15) is 0 Å². The molecule has 1 saturated carbocycles. The molecule has 0 aliphatic heterocycles. The number of carbonyl (C=O) groups excluding carboxylic acids is 1. The molecule has 0 unspecified atom stereocenters. The van der Waals surface area contributed by atoms with Gasteiger partial charge in [0.05, 0.1) is 11.4 Å². The lowest BCUT2D eigenvalue weighted by atomic mass is 10.2. The molecule has 0 spiro atoms. The summed E-state index contributed by atoms with van der Waals surface area (Å²) in [5.74, 6) is -0.185. The Balaban J connectivity index is 1.75. The highest BCUT2D eigenvalue weighted by Gasteiger charge is 2.24. The monoisotopic (exact) mass is 392 g/mol. The van der Waals surface area contributed by atoms with E-state index in [2.05, 4.69) is 4.72 Å². The van der Waals surface area contributed by atoms with Gasteiger partial charge in [0.1, 0.15) is 0 Å². The van der Waals surface area contributed by atoms with Crippen molar-refractivity contribution in [2.45, 2.75) is 50.1 Å². The fraction of sp³-hybridized carbons (Fsp3) is 0.421. The zero-order valence-corrected chi connectivity index (χ0v) is 16.7. The lowest BCUT2D eigenvalue weighted by Gasteiger charge is -2.18. The van der Waals surface area contributed by atoms with Gasteiger partial charge in [0.15, 0.2) is 0 Å². The predicted octanol–water partition coefficient (Wildman–Crippen LogP) is 3.55. The molecule has 1 aromatic carbocycles. The van der Waals surface area contributed by atoms with E-state index in [0.29, 0.717) is 12.1 Å². The van der Waals surface area contributed by atoms with Crippen LogP contribution in [0, 0.1) is 6.92 Å². The van der Waals surface area contributed by atoms with Crippen molar-refractivity contribution in [2.24, 2.45) is 0 Å². The van der Waals surface area contributed by atoms with Crippen LogP contribution in [0.5, 0.6) is 0 Å². The summed E-state index contributed by atoms with van der Waals surface area (Å²) in [6, 6.07) is 8.33. The number of benzene rings is 1. The van der Waals surface area contributed by atoms with Crippen molar-refractivity contribution >= 4 is 27.3 Å². The summed E-state index contributed by atoms with van der Waals surface area (Å²) in [6.07, 6.45) is 3.86. The number of amides is 1. The second-order valence-corrected chi connectivity index (χ2v) is 9.53. The molecule has 1 aliphatic carbocycles. The smallest absolute Gasteiger partial charge is 0.253 e. The fourth-order valence-electron chi connectivity index (χ4n) is 3.20. The topological polar surface area (TPSA) is 66.5 Å². The van der Waals surface area contributed by atoms with Gasteiger partial charge in [-0.25, -0.2) is 13.1 Å². The maximum atomic E-state index is 12.7. The van der Waals surface area contributed by atoms with E-state index in [-0.39, 0.29) is 16.8 Å². The van der Waals surface area contributed by atoms with Crippen LogP contribution in [-0.4, -0.2) is 32.3 Å². The zero-order valence-electron chi connectivity index (χ0n) is 15.1. The highest BCUT2D eigenvalue weighted by molar-refractivity contribution is 7.89. The Kier molecular flexibility index (Phi) is 5.79. The Labute approximate surface area is 159 Å². The quantitative estimate of drug-likeness (QED) is 0.817. The molecular weight excluding hydrogens is 368 g/mol. The van der Waals surface area contributed by atoms with Crippen molar-refractivity contribution < 1.29 is 13.2 Å². The van der Waals surface area contributed by atoms with Gasteiger partial charge in [-0.3, -0.25) is 4.79 Å². The van der Waals surface area contributed by atoms with Crippen LogP contribution in [0.1, 0.15) is 46.5 Å². The first-order valence-electron chi connectivity index (χ1n) is 8.77. The van der Waals surface area contributed by atoms with E-state index >= 15 is 0 Å². The molecule has 0 saturated heterocycles. The van der Waals surface area contributed by atoms with E-state index in [9.17, 15) is 13.2 Å². The summed E-state index contributed by atoms with van der Waals surface area (Å²) in [6.45, 7) is 2.53. The van der Waals surface area contributed by atoms with Crippen molar-refractivity contribution in [2.75, 3.05) is 7.05 Å². The van der Waals surface area contributed by atoms with Crippen LogP contribution in [-0.2, 0) is 16.6 Å². The Hall–Kier alpha value is -1.70. The number of hydrogen-bond donors (Lipinski definition) is 1. The molecule has 1 aliphatic rings. The van der Waals surface area contributed by atoms with Crippen LogP contribution in [0.3, 0.4) is 0 Å². The molecule has 3 rings (SSSR count). The van der Waals surface area contributed by atoms with E-state index in [1.165, 1.54) is 12.1 Å². The van der Waals surface area contributed by atoms with Crippen molar-refractivity contribution in [3.8, 4) is 0 Å². The van der Waals surface area contributed by atoms with E-state index in [4.69, 9.17) is 0 Å². The minimum atomic E-state index is -3.60. The molecular formula is C19H24N2O3S2. The van der Waals surface area contributed by atoms with Gasteiger partial charge in [0.25, 0.3) is 5.91 Å². The molecule has 7 heteroatoms. The standard InChI is InChI=1S/C19H24N2O3S2/c1-14-10-11-25-18(14)13-21(2)19(22)15-6-5-9-17(12-15)26(23,24)20-16-7-3-4-8-16/h5-6,9-12,16,20H,3-4,7-8,13H2,1-2H3. The van der Waals surface area contributed by atoms with Gasteiger partial charge in [-0.1, -0.05) is 18.9 Å². The summed E-state index contributed by atoms with van der Waals surface area (Å²) in [5.41, 5.74) is 1.54. The predicted molar refractivity (Wildman–Crippen MR) is 104 cm³/mol. The molecule has 0 bridgehead atoms. The van der Waals surface area contributed by atoms with Crippen LogP contribution >= 0.6 is 11.3 Å². The molecule has 1 amide bonds. The lowest BCUT2D eigenvalue weighted by Crippen LogP contribution is -2.33. The molecule has 1 N–H and O–H groups in total. The van der Waals surface area contributed by atoms with Crippen molar-refractivity contribution in [1.82, 2.24) is 9.62 Å². The average Bonchev–Trinajstić information content (AvgIpc) is 3.26. The summed E-state index contributed by atoms with van der Waals surface area (Å²) in [7, 11) is -1.87. The molecule has 0 atom stereocenters. The van der Waals surface area contributed by atoms with E-state index in [1.807, 2.05) is 18.4 Å². The van der Waals surface area contributed by atoms with Crippen LogP contribution < -0.4 is 4.72 Å². The number of thiophene rings is 1. The third kappa shape index (κ3) is 4.34. The Bertz CT molecular complexity index is 884. The van der Waals surface area contributed by atoms with Gasteiger partial charge < -0.3 is 4.90 Å². The number of carbonyl (C=O) groups is 1. The number of nitrogens with one attached hydrogen (secondary N) is 1. The van der Waals surface area contributed by atoms with Crippen molar-refractivity contribution in [3.63, 3.8) is 0 Å².